The smallest absolute Gasteiger partial charge is 0.344 e. The summed E-state index contributed by atoms with van der Waals surface area (Å²) in [6, 6.07) is 12.5. The lowest BCUT2D eigenvalue weighted by molar-refractivity contribution is -0.384. The van der Waals surface area contributed by atoms with Crippen LogP contribution in [0.5, 0.6) is 5.75 Å². The SMILES string of the molecule is CC(C)(C)c1ccc(OCC(=O)OCC(=O)Nc2ccc([N+](=O)[O-])cc2C#N)cc1. The molecule has 0 aliphatic heterocycles. The number of carbonyl (C=O) groups excluding carboxylic acids is 2. The fourth-order valence-electron chi connectivity index (χ4n) is 2.41. The molecule has 0 aliphatic carbocycles. The van der Waals surface area contributed by atoms with Gasteiger partial charge in [0.2, 0.25) is 0 Å². The normalized spacial score (nSPS) is 10.6. The van der Waals surface area contributed by atoms with Gasteiger partial charge < -0.3 is 14.8 Å². The van der Waals surface area contributed by atoms with Gasteiger partial charge >= 0.3 is 5.97 Å². The van der Waals surface area contributed by atoms with Crippen LogP contribution in [0, 0.1) is 21.4 Å². The Bertz CT molecular complexity index is 987. The number of benzene rings is 2. The second-order valence-electron chi connectivity index (χ2n) is 7.37. The molecule has 0 saturated carbocycles. The van der Waals surface area contributed by atoms with Gasteiger partial charge in [-0.3, -0.25) is 14.9 Å². The molecule has 2 aromatic carbocycles. The molecule has 0 heterocycles. The highest BCUT2D eigenvalue weighted by Crippen LogP contribution is 2.24. The van der Waals surface area contributed by atoms with E-state index in [1.165, 1.54) is 6.07 Å². The number of esters is 1. The first-order chi connectivity index (χ1) is 14.1. The predicted molar refractivity (Wildman–Crippen MR) is 108 cm³/mol. The summed E-state index contributed by atoms with van der Waals surface area (Å²) in [7, 11) is 0. The molecular formula is C21H21N3O6. The van der Waals surface area contributed by atoms with Crippen molar-refractivity contribution >= 4 is 23.3 Å². The highest BCUT2D eigenvalue weighted by Gasteiger charge is 2.15. The molecule has 0 aliphatic rings. The Kier molecular flexibility index (Phi) is 7.09. The van der Waals surface area contributed by atoms with Crippen LogP contribution < -0.4 is 10.1 Å². The minimum atomic E-state index is -0.741. The average Bonchev–Trinajstić information content (AvgIpc) is 2.70. The summed E-state index contributed by atoms with van der Waals surface area (Å²) in [6.45, 7) is 5.29. The number of amides is 1. The first kappa shape index (κ1) is 22.4. The van der Waals surface area contributed by atoms with Crippen LogP contribution in [0.15, 0.2) is 42.5 Å². The van der Waals surface area contributed by atoms with Gasteiger partial charge in [0.05, 0.1) is 16.2 Å². The standard InChI is InChI=1S/C21H21N3O6/c1-21(2,3)15-4-7-17(8-5-15)29-13-20(26)30-12-19(25)23-18-9-6-16(24(27)28)10-14(18)11-22/h4-10H,12-13H2,1-3H3,(H,23,25). The van der Waals surface area contributed by atoms with Crippen LogP contribution in [0.25, 0.3) is 0 Å². The summed E-state index contributed by atoms with van der Waals surface area (Å²) in [5.74, 6) is -0.938. The molecule has 0 bridgehead atoms. The molecule has 2 rings (SSSR count). The molecule has 1 amide bonds. The number of rotatable bonds is 7. The molecule has 0 atom stereocenters. The van der Waals surface area contributed by atoms with E-state index in [0.29, 0.717) is 5.75 Å². The average molecular weight is 411 g/mol. The first-order valence-electron chi connectivity index (χ1n) is 8.97. The summed E-state index contributed by atoms with van der Waals surface area (Å²) in [5, 5.41) is 22.2. The highest BCUT2D eigenvalue weighted by atomic mass is 16.6. The number of nitriles is 1. The zero-order valence-electron chi connectivity index (χ0n) is 16.8. The molecular weight excluding hydrogens is 390 g/mol. The fraction of sp³-hybridized carbons (Fsp3) is 0.286. The number of nitro benzene ring substituents is 1. The van der Waals surface area contributed by atoms with E-state index in [0.717, 1.165) is 17.7 Å². The van der Waals surface area contributed by atoms with E-state index >= 15 is 0 Å². The third-order valence-corrected chi connectivity index (χ3v) is 4.05. The van der Waals surface area contributed by atoms with Crippen molar-refractivity contribution in [2.45, 2.75) is 26.2 Å². The first-order valence-corrected chi connectivity index (χ1v) is 8.97. The van der Waals surface area contributed by atoms with Crippen molar-refractivity contribution in [3.63, 3.8) is 0 Å². The maximum atomic E-state index is 11.9. The Morgan fingerprint density at radius 1 is 1.13 bits per heavy atom. The number of nitrogens with zero attached hydrogens (tertiary/aromatic N) is 2. The Morgan fingerprint density at radius 2 is 1.80 bits per heavy atom. The summed E-state index contributed by atoms with van der Waals surface area (Å²) < 4.78 is 10.2. The van der Waals surface area contributed by atoms with Crippen LogP contribution in [0.1, 0.15) is 31.9 Å². The lowest BCUT2D eigenvalue weighted by Crippen LogP contribution is -2.24. The van der Waals surface area contributed by atoms with Crippen molar-refractivity contribution in [3.05, 3.63) is 63.7 Å². The van der Waals surface area contributed by atoms with Crippen LogP contribution in [-0.2, 0) is 19.7 Å². The van der Waals surface area contributed by atoms with Gasteiger partial charge in [0.25, 0.3) is 11.6 Å². The summed E-state index contributed by atoms with van der Waals surface area (Å²) in [6.07, 6.45) is 0. The zero-order chi connectivity index (χ0) is 22.3. The largest absolute Gasteiger partial charge is 0.482 e. The molecule has 1 N–H and O–H groups in total. The van der Waals surface area contributed by atoms with Crippen LogP contribution in [0.4, 0.5) is 11.4 Å². The van der Waals surface area contributed by atoms with Crippen molar-refractivity contribution in [2.75, 3.05) is 18.5 Å². The maximum Gasteiger partial charge on any atom is 0.344 e. The van der Waals surface area contributed by atoms with Gasteiger partial charge in [0, 0.05) is 12.1 Å². The lowest BCUT2D eigenvalue weighted by atomic mass is 9.87. The molecule has 9 nitrogen and oxygen atoms in total. The van der Waals surface area contributed by atoms with Gasteiger partial charge in [0.15, 0.2) is 13.2 Å². The Hall–Kier alpha value is -3.93. The fourth-order valence-corrected chi connectivity index (χ4v) is 2.41. The van der Waals surface area contributed by atoms with Crippen LogP contribution in [0.3, 0.4) is 0 Å². The molecule has 0 unspecified atom stereocenters. The van der Waals surface area contributed by atoms with E-state index in [4.69, 9.17) is 14.7 Å². The second-order valence-corrected chi connectivity index (χ2v) is 7.37. The lowest BCUT2D eigenvalue weighted by Gasteiger charge is -2.19. The minimum absolute atomic E-state index is 0.0000939. The van der Waals surface area contributed by atoms with Crippen molar-refractivity contribution in [1.29, 1.82) is 5.26 Å². The van der Waals surface area contributed by atoms with Crippen molar-refractivity contribution in [2.24, 2.45) is 0 Å². The van der Waals surface area contributed by atoms with Crippen LogP contribution in [0.2, 0.25) is 0 Å². The summed E-state index contributed by atoms with van der Waals surface area (Å²) in [4.78, 5) is 33.8. The molecule has 0 aromatic heterocycles. The number of nitrogens with one attached hydrogen (secondary N) is 1. The van der Waals surface area contributed by atoms with E-state index in [1.54, 1.807) is 18.2 Å². The molecule has 0 radical (unpaired) electrons. The Labute approximate surface area is 173 Å². The van der Waals surface area contributed by atoms with E-state index in [-0.39, 0.29) is 29.0 Å². The van der Waals surface area contributed by atoms with E-state index < -0.39 is 23.4 Å². The van der Waals surface area contributed by atoms with Gasteiger partial charge in [-0.15, -0.1) is 0 Å². The topological polar surface area (TPSA) is 132 Å². The number of carbonyl (C=O) groups is 2. The summed E-state index contributed by atoms with van der Waals surface area (Å²) in [5.41, 5.74) is 0.853. The third-order valence-electron chi connectivity index (χ3n) is 4.05. The van der Waals surface area contributed by atoms with E-state index in [9.17, 15) is 19.7 Å². The number of nitro groups is 1. The number of hydrogen-bond donors (Lipinski definition) is 1. The van der Waals surface area contributed by atoms with Crippen molar-refractivity contribution < 1.29 is 24.0 Å². The number of ether oxygens (including phenoxy) is 2. The van der Waals surface area contributed by atoms with Crippen molar-refractivity contribution in [1.82, 2.24) is 0 Å². The molecule has 0 saturated heterocycles. The van der Waals surface area contributed by atoms with Gasteiger partial charge in [0.1, 0.15) is 11.8 Å². The third kappa shape index (κ3) is 6.31. The number of non-ortho nitro benzene ring substituents is 1. The molecule has 0 fully saturated rings. The van der Waals surface area contributed by atoms with E-state index in [2.05, 4.69) is 26.1 Å². The van der Waals surface area contributed by atoms with Crippen molar-refractivity contribution in [3.8, 4) is 11.8 Å². The highest BCUT2D eigenvalue weighted by molar-refractivity contribution is 5.94. The quantitative estimate of drug-likeness (QED) is 0.420. The van der Waals surface area contributed by atoms with Gasteiger partial charge in [-0.1, -0.05) is 32.9 Å². The van der Waals surface area contributed by atoms with E-state index in [1.807, 2.05) is 12.1 Å². The van der Waals surface area contributed by atoms with Gasteiger partial charge in [-0.2, -0.15) is 5.26 Å². The molecule has 9 heteroatoms. The van der Waals surface area contributed by atoms with Crippen LogP contribution in [-0.4, -0.2) is 30.0 Å². The Morgan fingerprint density at radius 3 is 2.37 bits per heavy atom. The van der Waals surface area contributed by atoms with Gasteiger partial charge in [-0.05, 0) is 29.2 Å². The molecule has 2 aromatic rings. The second kappa shape index (κ2) is 9.52. The summed E-state index contributed by atoms with van der Waals surface area (Å²) >= 11 is 0. The Balaban J connectivity index is 1.83. The predicted octanol–water partition coefficient (Wildman–Crippen LogP) is 3.32. The molecule has 156 valence electrons. The zero-order valence-corrected chi connectivity index (χ0v) is 16.8. The monoisotopic (exact) mass is 411 g/mol. The van der Waals surface area contributed by atoms with Crippen LogP contribution >= 0.6 is 0 Å². The minimum Gasteiger partial charge on any atom is -0.482 e. The van der Waals surface area contributed by atoms with Gasteiger partial charge in [-0.25, -0.2) is 4.79 Å². The maximum absolute atomic E-state index is 11.9. The number of hydrogen-bond acceptors (Lipinski definition) is 7. The molecule has 0 spiro atoms. The number of anilines is 1. The molecule has 30 heavy (non-hydrogen) atoms.